The zero-order chi connectivity index (χ0) is 18.7. The van der Waals surface area contributed by atoms with Gasteiger partial charge in [-0.15, -0.1) is 28.1 Å². The van der Waals surface area contributed by atoms with E-state index in [0.29, 0.717) is 28.3 Å². The van der Waals surface area contributed by atoms with E-state index in [1.807, 2.05) is 24.3 Å². The van der Waals surface area contributed by atoms with E-state index in [-0.39, 0.29) is 0 Å². The van der Waals surface area contributed by atoms with Gasteiger partial charge in [-0.2, -0.15) is 0 Å². The summed E-state index contributed by atoms with van der Waals surface area (Å²) >= 11 is 15.9. The van der Waals surface area contributed by atoms with E-state index in [1.54, 1.807) is 23.1 Å². The van der Waals surface area contributed by atoms with E-state index >= 15 is 0 Å². The summed E-state index contributed by atoms with van der Waals surface area (Å²) < 4.78 is 2.08. The van der Waals surface area contributed by atoms with Gasteiger partial charge in [-0.25, -0.2) is 0 Å². The van der Waals surface area contributed by atoms with Crippen LogP contribution in [0, 0.1) is 0 Å². The molecule has 0 fully saturated rings. The first-order valence-corrected chi connectivity index (χ1v) is 10.8. The maximum Gasteiger partial charge on any atom is 0.192 e. The molecule has 2 aromatic heterocycles. The monoisotopic (exact) mass is 423 g/mol. The van der Waals surface area contributed by atoms with Crippen molar-refractivity contribution < 1.29 is 0 Å². The third-order valence-electron chi connectivity index (χ3n) is 3.88. The predicted molar refractivity (Wildman–Crippen MR) is 114 cm³/mol. The van der Waals surface area contributed by atoms with Crippen molar-refractivity contribution in [3.63, 3.8) is 0 Å². The summed E-state index contributed by atoms with van der Waals surface area (Å²) in [6, 6.07) is 7.74. The first kappa shape index (κ1) is 19.5. The van der Waals surface area contributed by atoms with E-state index in [4.69, 9.17) is 23.2 Å². The Kier molecular flexibility index (Phi) is 6.46. The molecule has 0 bridgehead atoms. The molecule has 0 amide bonds. The van der Waals surface area contributed by atoms with Gasteiger partial charge in [0, 0.05) is 38.2 Å². The highest BCUT2D eigenvalue weighted by Gasteiger charge is 2.17. The van der Waals surface area contributed by atoms with Crippen LogP contribution in [-0.4, -0.2) is 14.8 Å². The number of hydrogen-bond acceptors (Lipinski definition) is 4. The van der Waals surface area contributed by atoms with Crippen LogP contribution < -0.4 is 0 Å². The van der Waals surface area contributed by atoms with Crippen LogP contribution >= 0.6 is 46.3 Å². The third kappa shape index (κ3) is 4.17. The SMILES string of the molecule is C=CCn1c(SCc2c(Cl)cccc2Cl)nnc1-c1csc(C(C)C)c1. The topological polar surface area (TPSA) is 30.7 Å². The predicted octanol–water partition coefficient (Wildman–Crippen LogP) is 6.92. The Morgan fingerprint density at radius 3 is 2.62 bits per heavy atom. The second kappa shape index (κ2) is 8.61. The number of allylic oxidation sites excluding steroid dienone is 1. The average molecular weight is 424 g/mol. The molecule has 3 nitrogen and oxygen atoms in total. The molecule has 0 radical (unpaired) electrons. The summed E-state index contributed by atoms with van der Waals surface area (Å²) in [4.78, 5) is 1.34. The smallest absolute Gasteiger partial charge is 0.192 e. The molecule has 0 aliphatic rings. The normalized spacial score (nSPS) is 11.3. The lowest BCUT2D eigenvalue weighted by molar-refractivity contribution is 0.731. The lowest BCUT2D eigenvalue weighted by Gasteiger charge is -2.08. The van der Waals surface area contributed by atoms with Crippen molar-refractivity contribution in [2.24, 2.45) is 0 Å². The van der Waals surface area contributed by atoms with Gasteiger partial charge in [-0.1, -0.05) is 61.0 Å². The zero-order valence-corrected chi connectivity index (χ0v) is 17.7. The molecular weight excluding hydrogens is 405 g/mol. The Morgan fingerprint density at radius 1 is 1.27 bits per heavy atom. The molecule has 0 saturated heterocycles. The maximum atomic E-state index is 6.27. The second-order valence-corrected chi connectivity index (χ2v) is 8.79. The molecule has 136 valence electrons. The molecular formula is C19H19Cl2N3S2. The van der Waals surface area contributed by atoms with E-state index < -0.39 is 0 Å². The molecule has 3 rings (SSSR count). The lowest BCUT2D eigenvalue weighted by Crippen LogP contribution is -2.00. The van der Waals surface area contributed by atoms with Crippen LogP contribution in [0.4, 0.5) is 0 Å². The summed E-state index contributed by atoms with van der Waals surface area (Å²) in [7, 11) is 0. The Morgan fingerprint density at radius 2 is 2.00 bits per heavy atom. The fraction of sp³-hybridized carbons (Fsp3) is 0.263. The number of thioether (sulfide) groups is 1. The van der Waals surface area contributed by atoms with Gasteiger partial charge < -0.3 is 0 Å². The Balaban J connectivity index is 1.88. The van der Waals surface area contributed by atoms with Crippen molar-refractivity contribution in [3.05, 3.63) is 62.8 Å². The van der Waals surface area contributed by atoms with Gasteiger partial charge in [0.15, 0.2) is 11.0 Å². The van der Waals surface area contributed by atoms with Crippen molar-refractivity contribution in [3.8, 4) is 11.4 Å². The van der Waals surface area contributed by atoms with Crippen LogP contribution in [0.15, 0.2) is 47.5 Å². The van der Waals surface area contributed by atoms with Crippen molar-refractivity contribution in [1.82, 2.24) is 14.8 Å². The van der Waals surface area contributed by atoms with Crippen molar-refractivity contribution in [1.29, 1.82) is 0 Å². The largest absolute Gasteiger partial charge is 0.298 e. The van der Waals surface area contributed by atoms with Crippen molar-refractivity contribution in [2.45, 2.75) is 37.2 Å². The molecule has 0 unspecified atom stereocenters. The molecule has 0 atom stereocenters. The molecule has 2 heterocycles. The minimum atomic E-state index is 0.501. The van der Waals surface area contributed by atoms with Crippen LogP contribution in [-0.2, 0) is 12.3 Å². The molecule has 1 aromatic carbocycles. The number of rotatable bonds is 7. The van der Waals surface area contributed by atoms with Crippen LogP contribution in [0.25, 0.3) is 11.4 Å². The van der Waals surface area contributed by atoms with Crippen molar-refractivity contribution >= 4 is 46.3 Å². The third-order valence-corrected chi connectivity index (χ3v) is 6.82. The Bertz CT molecular complexity index is 895. The highest BCUT2D eigenvalue weighted by Crippen LogP contribution is 2.34. The summed E-state index contributed by atoms with van der Waals surface area (Å²) in [6.07, 6.45) is 1.86. The number of thiophene rings is 1. The Hall–Kier alpha value is -1.27. The zero-order valence-electron chi connectivity index (χ0n) is 14.6. The molecule has 0 aliphatic heterocycles. The molecule has 0 saturated carbocycles. The van der Waals surface area contributed by atoms with Gasteiger partial charge in [0.1, 0.15) is 0 Å². The van der Waals surface area contributed by atoms with Crippen LogP contribution in [0.2, 0.25) is 10.0 Å². The van der Waals surface area contributed by atoms with Gasteiger partial charge in [0.25, 0.3) is 0 Å². The van der Waals surface area contributed by atoms with E-state index in [0.717, 1.165) is 22.1 Å². The summed E-state index contributed by atoms with van der Waals surface area (Å²) in [6.45, 7) is 8.90. The van der Waals surface area contributed by atoms with Crippen molar-refractivity contribution in [2.75, 3.05) is 0 Å². The molecule has 0 spiro atoms. The lowest BCUT2D eigenvalue weighted by atomic mass is 10.1. The highest BCUT2D eigenvalue weighted by atomic mass is 35.5. The van der Waals surface area contributed by atoms with E-state index in [1.165, 1.54) is 4.88 Å². The fourth-order valence-corrected chi connectivity index (χ4v) is 5.08. The number of aromatic nitrogens is 3. The van der Waals surface area contributed by atoms with Gasteiger partial charge in [0.2, 0.25) is 0 Å². The van der Waals surface area contributed by atoms with Crippen LogP contribution in [0.3, 0.4) is 0 Å². The molecule has 0 N–H and O–H groups in total. The Labute approximate surface area is 172 Å². The van der Waals surface area contributed by atoms with Gasteiger partial charge in [-0.05, 0) is 29.7 Å². The summed E-state index contributed by atoms with van der Waals surface area (Å²) in [5.41, 5.74) is 2.00. The number of hydrogen-bond donors (Lipinski definition) is 0. The maximum absolute atomic E-state index is 6.27. The second-order valence-electron chi connectivity index (χ2n) is 6.09. The molecule has 7 heteroatoms. The van der Waals surface area contributed by atoms with E-state index in [2.05, 4.69) is 46.6 Å². The molecule has 0 aliphatic carbocycles. The molecule has 3 aromatic rings. The minimum absolute atomic E-state index is 0.501. The standard InChI is InChI=1S/C19H19Cl2N3S2/c1-4-8-24-18(13-9-17(12(2)3)25-10-13)22-23-19(24)26-11-14-15(20)6-5-7-16(14)21/h4-7,9-10,12H,1,8,11H2,2-3H3. The van der Waals surface area contributed by atoms with E-state index in [9.17, 15) is 0 Å². The first-order valence-electron chi connectivity index (χ1n) is 8.19. The summed E-state index contributed by atoms with van der Waals surface area (Å²) in [5, 5.41) is 13.1. The number of nitrogens with zero attached hydrogens (tertiary/aromatic N) is 3. The number of halogens is 2. The van der Waals surface area contributed by atoms with Gasteiger partial charge in [-0.3, -0.25) is 4.57 Å². The number of benzene rings is 1. The molecule has 26 heavy (non-hydrogen) atoms. The quantitative estimate of drug-likeness (QED) is 0.305. The average Bonchev–Trinajstić information content (AvgIpc) is 3.22. The van der Waals surface area contributed by atoms with Gasteiger partial charge in [0.05, 0.1) is 0 Å². The minimum Gasteiger partial charge on any atom is -0.298 e. The fourth-order valence-electron chi connectivity index (χ4n) is 2.48. The van der Waals surface area contributed by atoms with Gasteiger partial charge >= 0.3 is 0 Å². The van der Waals surface area contributed by atoms with Crippen LogP contribution in [0.1, 0.15) is 30.2 Å². The van der Waals surface area contributed by atoms with Crippen LogP contribution in [0.5, 0.6) is 0 Å². The first-order chi connectivity index (χ1) is 12.5. The summed E-state index contributed by atoms with van der Waals surface area (Å²) in [5.74, 6) is 2.00. The highest BCUT2D eigenvalue weighted by molar-refractivity contribution is 7.98.